The van der Waals surface area contributed by atoms with E-state index in [-0.39, 0.29) is 0 Å². The summed E-state index contributed by atoms with van der Waals surface area (Å²) in [4.78, 5) is 5.01. The van der Waals surface area contributed by atoms with Gasteiger partial charge in [0.15, 0.2) is 0 Å². The third-order valence-corrected chi connectivity index (χ3v) is 5.06. The minimum absolute atomic E-state index is 0.359. The van der Waals surface area contributed by atoms with Gasteiger partial charge in [0.1, 0.15) is 0 Å². The number of benzene rings is 2. The van der Waals surface area contributed by atoms with Crippen molar-refractivity contribution in [2.24, 2.45) is 0 Å². The quantitative estimate of drug-likeness (QED) is 0.776. The van der Waals surface area contributed by atoms with Crippen molar-refractivity contribution in [1.29, 1.82) is 0 Å². The highest BCUT2D eigenvalue weighted by Crippen LogP contribution is 2.23. The molecule has 1 fully saturated rings. The summed E-state index contributed by atoms with van der Waals surface area (Å²) in [5.74, 6) is 0. The number of hydrogen-bond donors (Lipinski definition) is 0. The highest BCUT2D eigenvalue weighted by molar-refractivity contribution is 8.04. The first-order chi connectivity index (χ1) is 11.3. The minimum atomic E-state index is 0.359. The average Bonchev–Trinajstić information content (AvgIpc) is 2.59. The molecule has 3 heteroatoms. The second-order valence-corrected chi connectivity index (χ2v) is 6.88. The molecule has 118 valence electrons. The zero-order valence-corrected chi connectivity index (χ0v) is 14.1. The van der Waals surface area contributed by atoms with E-state index in [0.29, 0.717) is 5.37 Å². The maximum Gasteiger partial charge on any atom is 0.0813 e. The van der Waals surface area contributed by atoms with E-state index in [1.54, 1.807) is 11.8 Å². The van der Waals surface area contributed by atoms with E-state index in [1.807, 2.05) is 0 Å². The lowest BCUT2D eigenvalue weighted by atomic mass is 10.1. The maximum atomic E-state index is 5.58. The van der Waals surface area contributed by atoms with Crippen LogP contribution in [0.25, 0.3) is 0 Å². The summed E-state index contributed by atoms with van der Waals surface area (Å²) >= 11 is 1.61. The summed E-state index contributed by atoms with van der Waals surface area (Å²) in [6.07, 6.45) is 5.58. The second-order valence-electron chi connectivity index (χ2n) is 5.87. The van der Waals surface area contributed by atoms with Crippen molar-refractivity contribution >= 4 is 11.8 Å². The molecule has 2 aromatic rings. The van der Waals surface area contributed by atoms with Crippen molar-refractivity contribution in [3.05, 3.63) is 71.8 Å². The number of piperazine rings is 1. The van der Waals surface area contributed by atoms with E-state index < -0.39 is 0 Å². The van der Waals surface area contributed by atoms with Crippen LogP contribution in [-0.2, 0) is 13.1 Å². The van der Waals surface area contributed by atoms with E-state index in [1.165, 1.54) is 11.1 Å². The maximum absolute atomic E-state index is 5.58. The Labute approximate surface area is 143 Å². The van der Waals surface area contributed by atoms with Crippen LogP contribution in [0.4, 0.5) is 0 Å². The highest BCUT2D eigenvalue weighted by atomic mass is 32.2. The molecule has 1 aliphatic rings. The Bertz CT molecular complexity index is 636. The van der Waals surface area contributed by atoms with Gasteiger partial charge in [-0.3, -0.25) is 9.80 Å². The Balaban J connectivity index is 1.62. The van der Waals surface area contributed by atoms with Gasteiger partial charge in [0.05, 0.1) is 5.37 Å². The molecule has 0 saturated carbocycles. The van der Waals surface area contributed by atoms with Gasteiger partial charge in [-0.1, -0.05) is 72.4 Å². The van der Waals surface area contributed by atoms with Crippen molar-refractivity contribution in [1.82, 2.24) is 9.80 Å². The van der Waals surface area contributed by atoms with Gasteiger partial charge < -0.3 is 0 Å². The average molecular weight is 322 g/mol. The van der Waals surface area contributed by atoms with Crippen LogP contribution < -0.4 is 0 Å². The lowest BCUT2D eigenvalue weighted by molar-refractivity contribution is 0.106. The third-order valence-electron chi connectivity index (χ3n) is 4.21. The van der Waals surface area contributed by atoms with Crippen LogP contribution in [0.1, 0.15) is 11.1 Å². The molecule has 0 aliphatic carbocycles. The largest absolute Gasteiger partial charge is 0.295 e. The van der Waals surface area contributed by atoms with Crippen molar-refractivity contribution in [2.75, 3.05) is 19.6 Å². The van der Waals surface area contributed by atoms with Crippen LogP contribution in [0, 0.1) is 11.7 Å². The molecule has 1 heterocycles. The van der Waals surface area contributed by atoms with E-state index in [0.717, 1.165) is 32.7 Å². The predicted octanol–water partition coefficient (Wildman–Crippen LogP) is 3.65. The summed E-state index contributed by atoms with van der Waals surface area (Å²) in [7, 11) is 0. The molecule has 0 radical (unpaired) electrons. The molecular weight excluding hydrogens is 300 g/mol. The molecule has 0 bridgehead atoms. The van der Waals surface area contributed by atoms with Crippen LogP contribution in [-0.4, -0.2) is 34.8 Å². The van der Waals surface area contributed by atoms with Crippen molar-refractivity contribution in [2.45, 2.75) is 18.5 Å². The minimum Gasteiger partial charge on any atom is -0.295 e. The number of thioether (sulfide) groups is 1. The lowest BCUT2D eigenvalue weighted by Gasteiger charge is -2.40. The molecule has 1 unspecified atom stereocenters. The molecular formula is C20H22N2S. The molecule has 0 spiro atoms. The summed E-state index contributed by atoms with van der Waals surface area (Å²) in [6.45, 7) is 5.13. The summed E-state index contributed by atoms with van der Waals surface area (Å²) in [6, 6.07) is 21.3. The van der Waals surface area contributed by atoms with Gasteiger partial charge in [0.2, 0.25) is 0 Å². The molecule has 1 aliphatic heterocycles. The van der Waals surface area contributed by atoms with Crippen LogP contribution in [0.5, 0.6) is 0 Å². The first kappa shape index (κ1) is 16.1. The van der Waals surface area contributed by atoms with Gasteiger partial charge >= 0.3 is 0 Å². The molecule has 23 heavy (non-hydrogen) atoms. The monoisotopic (exact) mass is 322 g/mol. The van der Waals surface area contributed by atoms with Gasteiger partial charge in [0, 0.05) is 32.7 Å². The normalized spacial score (nSPS) is 19.3. The number of rotatable bonds is 5. The van der Waals surface area contributed by atoms with E-state index >= 15 is 0 Å². The summed E-state index contributed by atoms with van der Waals surface area (Å²) in [5, 5.41) is 3.14. The van der Waals surface area contributed by atoms with Gasteiger partial charge in [-0.25, -0.2) is 0 Å². The lowest BCUT2D eigenvalue weighted by Crippen LogP contribution is -2.50. The van der Waals surface area contributed by atoms with Crippen LogP contribution in [0.2, 0.25) is 0 Å². The Morgan fingerprint density at radius 1 is 0.913 bits per heavy atom. The van der Waals surface area contributed by atoms with Gasteiger partial charge in [-0.2, -0.15) is 0 Å². The molecule has 2 aromatic carbocycles. The highest BCUT2D eigenvalue weighted by Gasteiger charge is 2.27. The molecule has 1 atom stereocenters. The number of nitrogens with zero attached hydrogens (tertiary/aromatic N) is 2. The van der Waals surface area contributed by atoms with Crippen LogP contribution in [0.3, 0.4) is 0 Å². The summed E-state index contributed by atoms with van der Waals surface area (Å²) < 4.78 is 0. The fourth-order valence-corrected chi connectivity index (χ4v) is 3.79. The van der Waals surface area contributed by atoms with Crippen LogP contribution >= 0.6 is 11.8 Å². The molecule has 3 rings (SSSR count). The zero-order chi connectivity index (χ0) is 15.9. The van der Waals surface area contributed by atoms with E-state index in [2.05, 4.69) is 75.7 Å². The first-order valence-corrected chi connectivity index (χ1v) is 8.88. The molecule has 0 N–H and O–H groups in total. The van der Waals surface area contributed by atoms with Gasteiger partial charge in [-0.15, -0.1) is 6.42 Å². The van der Waals surface area contributed by atoms with Crippen molar-refractivity contribution in [3.8, 4) is 11.7 Å². The van der Waals surface area contributed by atoms with Crippen LogP contribution in [0.15, 0.2) is 60.7 Å². The summed E-state index contributed by atoms with van der Waals surface area (Å²) in [5.41, 5.74) is 2.72. The van der Waals surface area contributed by atoms with Gasteiger partial charge in [0.25, 0.3) is 0 Å². The SMILES string of the molecule is C#CSC1CN(Cc2ccccc2)CCN1Cc1ccccc1. The molecule has 1 saturated heterocycles. The Morgan fingerprint density at radius 3 is 2.13 bits per heavy atom. The smallest absolute Gasteiger partial charge is 0.0813 e. The second kappa shape index (κ2) is 8.21. The zero-order valence-electron chi connectivity index (χ0n) is 13.3. The van der Waals surface area contributed by atoms with E-state index in [4.69, 9.17) is 6.42 Å². The Hall–Kier alpha value is -1.73. The Morgan fingerprint density at radius 2 is 1.52 bits per heavy atom. The fourth-order valence-electron chi connectivity index (χ4n) is 3.02. The predicted molar refractivity (Wildman–Crippen MR) is 98.8 cm³/mol. The van der Waals surface area contributed by atoms with Crippen molar-refractivity contribution in [3.63, 3.8) is 0 Å². The topological polar surface area (TPSA) is 6.48 Å². The number of terminal acetylenes is 1. The molecule has 0 aromatic heterocycles. The fraction of sp³-hybridized carbons (Fsp3) is 0.300. The Kier molecular flexibility index (Phi) is 5.76. The van der Waals surface area contributed by atoms with E-state index in [9.17, 15) is 0 Å². The first-order valence-electron chi connectivity index (χ1n) is 8.00. The van der Waals surface area contributed by atoms with Crippen molar-refractivity contribution < 1.29 is 0 Å². The molecule has 2 nitrogen and oxygen atoms in total. The standard InChI is InChI=1S/C20H22N2S/c1-2-23-20-17-21(15-18-9-5-3-6-10-18)13-14-22(20)16-19-11-7-4-8-12-19/h1,3-12,20H,13-17H2. The number of hydrogen-bond acceptors (Lipinski definition) is 3. The molecule has 0 amide bonds. The van der Waals surface area contributed by atoms with Gasteiger partial charge in [-0.05, 0) is 16.4 Å². The third kappa shape index (κ3) is 4.62.